The number of fused-ring (bicyclic) bond motifs is 1. The van der Waals surface area contributed by atoms with Gasteiger partial charge in [0, 0.05) is 24.4 Å². The van der Waals surface area contributed by atoms with E-state index in [9.17, 15) is 13.5 Å². The predicted octanol–water partition coefficient (Wildman–Crippen LogP) is 2.43. The summed E-state index contributed by atoms with van der Waals surface area (Å²) in [6.45, 7) is 6.83. The molecule has 0 spiro atoms. The van der Waals surface area contributed by atoms with Crippen LogP contribution in [0.5, 0.6) is 0 Å². The number of nitrogens with zero attached hydrogens (tertiary/aromatic N) is 3. The number of piperidine rings is 1. The summed E-state index contributed by atoms with van der Waals surface area (Å²) in [4.78, 5) is 2.40. The van der Waals surface area contributed by atoms with Crippen molar-refractivity contribution in [3.8, 4) is 0 Å². The smallest absolute Gasteiger partial charge is 0.218 e. The van der Waals surface area contributed by atoms with Crippen LogP contribution in [0, 0.1) is 0 Å². The summed E-state index contributed by atoms with van der Waals surface area (Å²) in [5.41, 5.74) is 1.91. The Morgan fingerprint density at radius 3 is 2.71 bits per heavy atom. The van der Waals surface area contributed by atoms with Crippen molar-refractivity contribution in [1.82, 2.24) is 14.4 Å². The summed E-state index contributed by atoms with van der Waals surface area (Å²) in [5.74, 6) is 0.415. The first-order chi connectivity index (χ1) is 13.5. The molecule has 8 heteroatoms. The molecule has 0 amide bonds. The molecule has 1 saturated heterocycles. The zero-order chi connectivity index (χ0) is 20.1. The van der Waals surface area contributed by atoms with Gasteiger partial charge >= 0.3 is 0 Å². The predicted molar refractivity (Wildman–Crippen MR) is 110 cm³/mol. The van der Waals surface area contributed by atoms with Gasteiger partial charge in [0.15, 0.2) is 5.58 Å². The normalized spacial score (nSPS) is 18.1. The van der Waals surface area contributed by atoms with Crippen LogP contribution in [0.15, 0.2) is 28.8 Å². The maximum Gasteiger partial charge on any atom is 0.218 e. The maximum absolute atomic E-state index is 12.4. The van der Waals surface area contributed by atoms with Crippen molar-refractivity contribution in [1.29, 1.82) is 0 Å². The second-order valence-electron chi connectivity index (χ2n) is 7.56. The second kappa shape index (κ2) is 9.35. The minimum absolute atomic E-state index is 0.344. The summed E-state index contributed by atoms with van der Waals surface area (Å²) in [6.07, 6.45) is 2.87. The van der Waals surface area contributed by atoms with E-state index in [0.29, 0.717) is 19.0 Å². The number of para-hydroxylation sites is 1. The molecule has 0 aliphatic carbocycles. The number of aliphatic hydroxyl groups excluding tert-OH is 1. The molecule has 1 N–H and O–H groups in total. The van der Waals surface area contributed by atoms with Crippen molar-refractivity contribution in [3.05, 3.63) is 30.0 Å². The first kappa shape index (κ1) is 21.2. The third kappa shape index (κ3) is 4.56. The quantitative estimate of drug-likeness (QED) is 0.684. The van der Waals surface area contributed by atoms with Gasteiger partial charge in [0.2, 0.25) is 10.0 Å². The largest absolute Gasteiger partial charge is 0.395 e. The first-order valence-corrected chi connectivity index (χ1v) is 11.6. The molecule has 1 fully saturated rings. The molecule has 1 unspecified atom stereocenters. The highest BCUT2D eigenvalue weighted by Gasteiger charge is 2.28. The Hall–Kier alpha value is -1.48. The first-order valence-electron chi connectivity index (χ1n) is 10.1. The minimum atomic E-state index is -3.42. The second-order valence-corrected chi connectivity index (χ2v) is 9.91. The molecule has 1 aliphatic rings. The van der Waals surface area contributed by atoms with E-state index in [0.717, 1.165) is 55.6 Å². The topological polar surface area (TPSA) is 86.9 Å². The number of aromatic nitrogens is 1. The van der Waals surface area contributed by atoms with Gasteiger partial charge in [-0.15, -0.1) is 0 Å². The number of benzene rings is 1. The van der Waals surface area contributed by atoms with Gasteiger partial charge in [-0.1, -0.05) is 24.2 Å². The molecule has 2 aromatic rings. The molecule has 0 radical (unpaired) electrons. The van der Waals surface area contributed by atoms with Crippen LogP contribution >= 0.6 is 0 Å². The van der Waals surface area contributed by atoms with Crippen molar-refractivity contribution >= 4 is 21.0 Å². The molecule has 2 heterocycles. The van der Waals surface area contributed by atoms with E-state index in [4.69, 9.17) is 4.52 Å². The number of likely N-dealkylation sites (tertiary alicyclic amines) is 1. The summed E-state index contributed by atoms with van der Waals surface area (Å²) in [5, 5.41) is 13.9. The molecule has 0 bridgehead atoms. The Kier molecular flexibility index (Phi) is 7.09. The van der Waals surface area contributed by atoms with Crippen LogP contribution in [0.3, 0.4) is 0 Å². The van der Waals surface area contributed by atoms with E-state index in [-0.39, 0.29) is 6.61 Å². The summed E-state index contributed by atoms with van der Waals surface area (Å²) >= 11 is 0. The molecular weight excluding hydrogens is 378 g/mol. The molecule has 3 rings (SSSR count). The Bertz CT molecular complexity index is 859. The maximum atomic E-state index is 12.4. The van der Waals surface area contributed by atoms with Crippen molar-refractivity contribution in [2.45, 2.75) is 44.3 Å². The van der Waals surface area contributed by atoms with Crippen LogP contribution in [-0.2, 0) is 10.0 Å². The van der Waals surface area contributed by atoms with Gasteiger partial charge in [0.05, 0.1) is 17.6 Å². The molecule has 156 valence electrons. The average Bonchev–Trinajstić information content (AvgIpc) is 3.15. The number of rotatable bonds is 9. The zero-order valence-corrected chi connectivity index (χ0v) is 17.6. The monoisotopic (exact) mass is 409 g/mol. The Balaban J connectivity index is 1.48. The Morgan fingerprint density at radius 1 is 1.32 bits per heavy atom. The average molecular weight is 410 g/mol. The molecule has 1 aliphatic heterocycles. The van der Waals surface area contributed by atoms with E-state index < -0.39 is 15.3 Å². The number of aliphatic hydroxyl groups is 1. The van der Waals surface area contributed by atoms with E-state index >= 15 is 0 Å². The highest BCUT2D eigenvalue weighted by molar-refractivity contribution is 7.89. The summed E-state index contributed by atoms with van der Waals surface area (Å²) in [7, 11) is -3.42. The Morgan fingerprint density at radius 2 is 2.04 bits per heavy atom. The fourth-order valence-electron chi connectivity index (χ4n) is 3.91. The molecule has 1 aromatic carbocycles. The van der Waals surface area contributed by atoms with Gasteiger partial charge in [-0.05, 0) is 58.0 Å². The highest BCUT2D eigenvalue weighted by Crippen LogP contribution is 2.32. The van der Waals surface area contributed by atoms with Crippen LogP contribution in [-0.4, -0.2) is 72.5 Å². The van der Waals surface area contributed by atoms with E-state index in [1.165, 1.54) is 4.31 Å². The van der Waals surface area contributed by atoms with E-state index in [1.54, 1.807) is 6.92 Å². The third-order valence-electron chi connectivity index (χ3n) is 5.74. The van der Waals surface area contributed by atoms with Crippen LogP contribution < -0.4 is 0 Å². The van der Waals surface area contributed by atoms with Gasteiger partial charge in [0.25, 0.3) is 0 Å². The molecule has 1 aromatic heterocycles. The highest BCUT2D eigenvalue weighted by atomic mass is 32.2. The number of hydrogen-bond donors (Lipinski definition) is 1. The Labute approximate surface area is 167 Å². The van der Waals surface area contributed by atoms with Crippen LogP contribution in [0.2, 0.25) is 0 Å². The van der Waals surface area contributed by atoms with E-state index in [2.05, 4.69) is 16.1 Å². The van der Waals surface area contributed by atoms with E-state index in [1.807, 2.05) is 25.1 Å². The van der Waals surface area contributed by atoms with Crippen molar-refractivity contribution in [3.63, 3.8) is 0 Å². The number of sulfonamides is 1. The third-order valence-corrected chi connectivity index (χ3v) is 8.07. The van der Waals surface area contributed by atoms with Gasteiger partial charge in [-0.2, -0.15) is 0 Å². The minimum Gasteiger partial charge on any atom is -0.395 e. The molecule has 0 saturated carbocycles. The lowest BCUT2D eigenvalue weighted by Gasteiger charge is -2.32. The molecule has 28 heavy (non-hydrogen) atoms. The van der Waals surface area contributed by atoms with Gasteiger partial charge < -0.3 is 14.5 Å². The standard InChI is InChI=1S/C20H31N3O4S/c1-3-23(28(25,26)16(2)15-24)12-6-11-22-13-9-17(10-14-22)20-18-7-4-5-8-19(18)27-21-20/h4-5,7-8,16-17,24H,3,6,9-15H2,1-2H3. The van der Waals surface area contributed by atoms with Gasteiger partial charge in [-0.25, -0.2) is 12.7 Å². The lowest BCUT2D eigenvalue weighted by Crippen LogP contribution is -2.41. The summed E-state index contributed by atoms with van der Waals surface area (Å²) in [6, 6.07) is 8.00. The van der Waals surface area contributed by atoms with Crippen molar-refractivity contribution < 1.29 is 18.0 Å². The zero-order valence-electron chi connectivity index (χ0n) is 16.7. The summed E-state index contributed by atoms with van der Waals surface area (Å²) < 4.78 is 31.7. The SMILES string of the molecule is CCN(CCCN1CCC(c2noc3ccccc23)CC1)S(=O)(=O)C(C)CO. The van der Waals surface area contributed by atoms with Crippen LogP contribution in [0.1, 0.15) is 44.7 Å². The lowest BCUT2D eigenvalue weighted by molar-refractivity contribution is 0.202. The molecular formula is C20H31N3O4S. The fourth-order valence-corrected chi connectivity index (χ4v) is 5.36. The van der Waals surface area contributed by atoms with Crippen molar-refractivity contribution in [2.75, 3.05) is 39.3 Å². The molecule has 1 atom stereocenters. The molecule has 7 nitrogen and oxygen atoms in total. The fraction of sp³-hybridized carbons (Fsp3) is 0.650. The number of hydrogen-bond acceptors (Lipinski definition) is 6. The lowest BCUT2D eigenvalue weighted by atomic mass is 9.91. The van der Waals surface area contributed by atoms with Crippen molar-refractivity contribution in [2.24, 2.45) is 0 Å². The van der Waals surface area contributed by atoms with Crippen LogP contribution in [0.25, 0.3) is 11.0 Å². The van der Waals surface area contributed by atoms with Crippen LogP contribution in [0.4, 0.5) is 0 Å². The van der Waals surface area contributed by atoms with Gasteiger partial charge in [-0.3, -0.25) is 0 Å². The van der Waals surface area contributed by atoms with Gasteiger partial charge in [0.1, 0.15) is 0 Å².